The molecule has 1 spiro atoms. The first-order valence-corrected chi connectivity index (χ1v) is 14.1. The summed E-state index contributed by atoms with van der Waals surface area (Å²) in [5.74, 6) is 0.380. The third-order valence-electron chi connectivity index (χ3n) is 8.98. The molecule has 1 unspecified atom stereocenters. The van der Waals surface area contributed by atoms with Gasteiger partial charge in [0.2, 0.25) is 11.8 Å². The number of amides is 2. The van der Waals surface area contributed by atoms with Gasteiger partial charge in [0.25, 0.3) is 0 Å². The van der Waals surface area contributed by atoms with Gasteiger partial charge in [0.1, 0.15) is 11.6 Å². The lowest BCUT2D eigenvalue weighted by Crippen LogP contribution is -2.72. The molecule has 37 heavy (non-hydrogen) atoms. The number of H-pyrrole nitrogens is 1. The van der Waals surface area contributed by atoms with E-state index in [1.54, 1.807) is 0 Å². The van der Waals surface area contributed by atoms with Gasteiger partial charge < -0.3 is 19.7 Å². The molecule has 194 valence electrons. The molecule has 0 radical (unpaired) electrons. The maximum atomic E-state index is 13.9. The minimum atomic E-state index is -0.676. The lowest BCUT2D eigenvalue weighted by Gasteiger charge is -2.53. The largest absolute Gasteiger partial charge is 0.361 e. The van der Waals surface area contributed by atoms with Crippen molar-refractivity contribution >= 4 is 22.7 Å². The molecular formula is C31H38N4O2. The number of aromatic nitrogens is 1. The Labute approximate surface area is 219 Å². The predicted molar refractivity (Wildman–Crippen MR) is 146 cm³/mol. The lowest BCUT2D eigenvalue weighted by atomic mass is 9.80. The van der Waals surface area contributed by atoms with E-state index in [0.717, 1.165) is 76.6 Å². The molecule has 3 fully saturated rings. The predicted octanol–water partition coefficient (Wildman–Crippen LogP) is 4.40. The second-order valence-corrected chi connectivity index (χ2v) is 11.1. The number of hydrogen-bond donors (Lipinski definition) is 1. The fourth-order valence-electron chi connectivity index (χ4n) is 6.87. The van der Waals surface area contributed by atoms with Gasteiger partial charge in [-0.15, -0.1) is 0 Å². The van der Waals surface area contributed by atoms with Gasteiger partial charge in [-0.2, -0.15) is 0 Å². The van der Waals surface area contributed by atoms with Gasteiger partial charge in [0.15, 0.2) is 0 Å². The van der Waals surface area contributed by atoms with Crippen LogP contribution in [0.1, 0.15) is 49.7 Å². The molecule has 3 aliphatic rings. The van der Waals surface area contributed by atoms with Crippen LogP contribution in [-0.2, 0) is 22.4 Å². The highest BCUT2D eigenvalue weighted by Gasteiger charge is 2.57. The van der Waals surface area contributed by atoms with Crippen molar-refractivity contribution in [1.29, 1.82) is 0 Å². The molecule has 1 aromatic heterocycles. The summed E-state index contributed by atoms with van der Waals surface area (Å²) in [6.07, 6.45) is 9.50. The average molecular weight is 499 g/mol. The van der Waals surface area contributed by atoms with Crippen molar-refractivity contribution in [3.05, 3.63) is 71.9 Å². The molecule has 4 heterocycles. The quantitative estimate of drug-likeness (QED) is 0.469. The van der Waals surface area contributed by atoms with E-state index in [9.17, 15) is 9.59 Å². The van der Waals surface area contributed by atoms with Gasteiger partial charge in [0, 0.05) is 43.3 Å². The Morgan fingerprint density at radius 2 is 1.65 bits per heavy atom. The van der Waals surface area contributed by atoms with E-state index in [2.05, 4.69) is 64.6 Å². The molecule has 2 amide bonds. The van der Waals surface area contributed by atoms with Gasteiger partial charge >= 0.3 is 0 Å². The summed E-state index contributed by atoms with van der Waals surface area (Å²) >= 11 is 0. The summed E-state index contributed by atoms with van der Waals surface area (Å²) in [6.45, 7) is 4.16. The summed E-state index contributed by atoms with van der Waals surface area (Å²) in [5, 5.41) is 1.21. The highest BCUT2D eigenvalue weighted by Crippen LogP contribution is 2.39. The molecule has 0 aliphatic carbocycles. The van der Waals surface area contributed by atoms with Gasteiger partial charge in [-0.3, -0.25) is 9.59 Å². The van der Waals surface area contributed by atoms with Crippen LogP contribution in [0.5, 0.6) is 0 Å². The molecule has 1 atom stereocenters. The van der Waals surface area contributed by atoms with Crippen LogP contribution in [0.4, 0.5) is 0 Å². The number of fused-ring (bicyclic) bond motifs is 2. The van der Waals surface area contributed by atoms with E-state index in [-0.39, 0.29) is 17.9 Å². The van der Waals surface area contributed by atoms with Gasteiger partial charge in [0.05, 0.1) is 0 Å². The SMILES string of the molecule is O=C1C2CCCN2C(=O)C2(CCN(CCCCc3ccccc3)CC2)N1CCc1c[nH]c2ccccc12. The van der Waals surface area contributed by atoms with Gasteiger partial charge in [-0.25, -0.2) is 0 Å². The highest BCUT2D eigenvalue weighted by atomic mass is 16.2. The van der Waals surface area contributed by atoms with Crippen LogP contribution >= 0.6 is 0 Å². The molecule has 1 N–H and O–H groups in total. The zero-order chi connectivity index (χ0) is 25.2. The maximum absolute atomic E-state index is 13.9. The zero-order valence-electron chi connectivity index (χ0n) is 21.7. The number of piperazine rings is 1. The lowest BCUT2D eigenvalue weighted by molar-refractivity contribution is -0.172. The van der Waals surface area contributed by atoms with Crippen LogP contribution in [0.3, 0.4) is 0 Å². The van der Waals surface area contributed by atoms with E-state index >= 15 is 0 Å². The summed E-state index contributed by atoms with van der Waals surface area (Å²) < 4.78 is 0. The molecule has 2 aromatic carbocycles. The van der Waals surface area contributed by atoms with Crippen molar-refractivity contribution in [2.24, 2.45) is 0 Å². The number of nitrogens with zero attached hydrogens (tertiary/aromatic N) is 3. The molecule has 6 rings (SSSR count). The normalized spacial score (nSPS) is 21.8. The van der Waals surface area contributed by atoms with Crippen molar-refractivity contribution < 1.29 is 9.59 Å². The van der Waals surface area contributed by atoms with Crippen molar-refractivity contribution in [2.45, 2.75) is 62.9 Å². The Morgan fingerprint density at radius 1 is 0.865 bits per heavy atom. The van der Waals surface area contributed by atoms with Crippen LogP contribution in [-0.4, -0.2) is 75.8 Å². The number of rotatable bonds is 8. The number of nitrogens with one attached hydrogen (secondary N) is 1. The first-order chi connectivity index (χ1) is 18.2. The number of aryl methyl sites for hydroxylation is 1. The molecule has 3 aromatic rings. The first-order valence-electron chi connectivity index (χ1n) is 14.1. The third-order valence-corrected chi connectivity index (χ3v) is 8.98. The highest BCUT2D eigenvalue weighted by molar-refractivity contribution is 6.00. The molecular weight excluding hydrogens is 460 g/mol. The second kappa shape index (κ2) is 10.3. The van der Waals surface area contributed by atoms with Gasteiger partial charge in [-0.05, 0) is 75.1 Å². The number of piperidine rings is 1. The summed E-state index contributed by atoms with van der Waals surface area (Å²) in [6, 6.07) is 18.7. The van der Waals surface area contributed by atoms with Crippen LogP contribution in [0.25, 0.3) is 10.9 Å². The van der Waals surface area contributed by atoms with E-state index in [4.69, 9.17) is 0 Å². The smallest absolute Gasteiger partial charge is 0.249 e. The molecule has 0 saturated carbocycles. The van der Waals surface area contributed by atoms with Crippen molar-refractivity contribution in [1.82, 2.24) is 19.7 Å². The number of aromatic amines is 1. The van der Waals surface area contributed by atoms with Crippen molar-refractivity contribution in [3.8, 4) is 0 Å². The van der Waals surface area contributed by atoms with E-state index in [1.807, 2.05) is 15.9 Å². The molecule has 3 aliphatic heterocycles. The summed E-state index contributed by atoms with van der Waals surface area (Å²) in [5.41, 5.74) is 3.06. The molecule has 6 heteroatoms. The monoisotopic (exact) mass is 498 g/mol. The fraction of sp³-hybridized carbons (Fsp3) is 0.484. The Balaban J connectivity index is 1.13. The fourth-order valence-corrected chi connectivity index (χ4v) is 6.87. The molecule has 3 saturated heterocycles. The van der Waals surface area contributed by atoms with Gasteiger partial charge in [-0.1, -0.05) is 48.5 Å². The van der Waals surface area contributed by atoms with Crippen LogP contribution in [0.2, 0.25) is 0 Å². The number of hydrogen-bond acceptors (Lipinski definition) is 3. The van der Waals surface area contributed by atoms with E-state index in [1.165, 1.54) is 22.9 Å². The Morgan fingerprint density at radius 3 is 2.49 bits per heavy atom. The standard InChI is InChI=1S/C31H38N4O2/c36-29-28-14-8-19-34(28)30(37)31(35(29)20-15-25-23-32-27-13-5-4-12-26(25)27)16-21-33(22-17-31)18-7-6-11-24-9-2-1-3-10-24/h1-5,9-10,12-13,23,28,32H,6-8,11,14-22H2. The third kappa shape index (κ3) is 4.56. The average Bonchev–Trinajstić information content (AvgIpc) is 3.59. The minimum Gasteiger partial charge on any atom is -0.361 e. The van der Waals surface area contributed by atoms with E-state index < -0.39 is 5.54 Å². The number of carbonyl (C=O) groups is 2. The minimum absolute atomic E-state index is 0.174. The molecule has 0 bridgehead atoms. The number of para-hydroxylation sites is 1. The number of likely N-dealkylation sites (tertiary alicyclic amines) is 1. The number of carbonyl (C=O) groups excluding carboxylic acids is 2. The Bertz CT molecular complexity index is 1240. The molecule has 6 nitrogen and oxygen atoms in total. The van der Waals surface area contributed by atoms with Crippen LogP contribution in [0, 0.1) is 0 Å². The van der Waals surface area contributed by atoms with Crippen molar-refractivity contribution in [3.63, 3.8) is 0 Å². The van der Waals surface area contributed by atoms with Crippen LogP contribution in [0.15, 0.2) is 60.8 Å². The second-order valence-electron chi connectivity index (χ2n) is 11.1. The number of unbranched alkanes of at least 4 members (excludes halogenated alkanes) is 1. The zero-order valence-corrected chi connectivity index (χ0v) is 21.7. The maximum Gasteiger partial charge on any atom is 0.249 e. The van der Waals surface area contributed by atoms with Crippen LogP contribution < -0.4 is 0 Å². The topological polar surface area (TPSA) is 59.7 Å². The first kappa shape index (κ1) is 24.2. The van der Waals surface area contributed by atoms with Crippen molar-refractivity contribution in [2.75, 3.05) is 32.7 Å². The summed E-state index contributed by atoms with van der Waals surface area (Å²) in [4.78, 5) is 37.5. The Kier molecular flexibility index (Phi) is 6.76. The Hall–Kier alpha value is -3.12. The number of benzene rings is 2. The summed E-state index contributed by atoms with van der Waals surface area (Å²) in [7, 11) is 0. The van der Waals surface area contributed by atoms with E-state index in [0.29, 0.717) is 6.54 Å².